The first-order valence-electron chi connectivity index (χ1n) is 12.6. The van der Waals surface area contributed by atoms with Gasteiger partial charge < -0.3 is 20.1 Å². The van der Waals surface area contributed by atoms with Gasteiger partial charge in [-0.15, -0.1) is 0 Å². The van der Waals surface area contributed by atoms with Crippen LogP contribution in [0.5, 0.6) is 0 Å². The molecule has 0 spiro atoms. The van der Waals surface area contributed by atoms with Crippen molar-refractivity contribution >= 4 is 18.0 Å². The van der Waals surface area contributed by atoms with E-state index in [1.165, 1.54) is 14.0 Å². The maximum atomic E-state index is 13.3. The SMILES string of the molecule is CC(C(=O)O)N(C)C(=O)C(CN(C)Cc1ccccc1)NC(=O)OCC1c2ccccc2-c2ccccc21. The molecule has 198 valence electrons. The minimum atomic E-state index is -1.13. The van der Waals surface area contributed by atoms with E-state index in [4.69, 9.17) is 4.74 Å². The Balaban J connectivity index is 1.46. The molecule has 1 aliphatic carbocycles. The Morgan fingerprint density at radius 1 is 0.895 bits per heavy atom. The molecular weight excluding hydrogens is 482 g/mol. The lowest BCUT2D eigenvalue weighted by molar-refractivity contribution is -0.149. The van der Waals surface area contributed by atoms with Crippen LogP contribution in [-0.2, 0) is 20.9 Å². The number of likely N-dealkylation sites (N-methyl/N-ethyl adjacent to an activating group) is 2. The van der Waals surface area contributed by atoms with Gasteiger partial charge in [-0.2, -0.15) is 0 Å². The predicted octanol–water partition coefficient (Wildman–Crippen LogP) is 3.96. The van der Waals surface area contributed by atoms with Crippen LogP contribution in [0.25, 0.3) is 11.1 Å². The van der Waals surface area contributed by atoms with Gasteiger partial charge >= 0.3 is 12.1 Å². The summed E-state index contributed by atoms with van der Waals surface area (Å²) in [6.45, 7) is 2.27. The van der Waals surface area contributed by atoms with Crippen molar-refractivity contribution in [3.05, 3.63) is 95.6 Å². The van der Waals surface area contributed by atoms with Crippen LogP contribution in [0.3, 0.4) is 0 Å². The highest BCUT2D eigenvalue weighted by molar-refractivity contribution is 5.89. The highest BCUT2D eigenvalue weighted by Crippen LogP contribution is 2.44. The van der Waals surface area contributed by atoms with E-state index in [1.54, 1.807) is 0 Å². The van der Waals surface area contributed by atoms with Crippen LogP contribution in [0.4, 0.5) is 4.79 Å². The fourth-order valence-electron chi connectivity index (χ4n) is 4.84. The Morgan fingerprint density at radius 3 is 2.03 bits per heavy atom. The zero-order valence-electron chi connectivity index (χ0n) is 21.8. The quantitative estimate of drug-likeness (QED) is 0.424. The van der Waals surface area contributed by atoms with Gasteiger partial charge in [-0.05, 0) is 41.8 Å². The molecule has 2 N–H and O–H groups in total. The Labute approximate surface area is 222 Å². The molecule has 0 aromatic heterocycles. The number of carboxylic acids is 1. The Bertz CT molecular complexity index is 1250. The second-order valence-corrected chi connectivity index (χ2v) is 9.67. The molecule has 2 unspecified atom stereocenters. The van der Waals surface area contributed by atoms with Gasteiger partial charge in [0.1, 0.15) is 18.7 Å². The number of hydrogen-bond donors (Lipinski definition) is 2. The van der Waals surface area contributed by atoms with Gasteiger partial charge in [0.05, 0.1) is 0 Å². The fourth-order valence-corrected chi connectivity index (χ4v) is 4.84. The molecule has 0 aliphatic heterocycles. The van der Waals surface area contributed by atoms with Gasteiger partial charge in [-0.25, -0.2) is 9.59 Å². The summed E-state index contributed by atoms with van der Waals surface area (Å²) in [5, 5.41) is 12.1. The number of alkyl carbamates (subject to hydrolysis) is 1. The minimum absolute atomic E-state index is 0.113. The van der Waals surface area contributed by atoms with Crippen molar-refractivity contribution in [1.82, 2.24) is 15.1 Å². The highest BCUT2D eigenvalue weighted by atomic mass is 16.5. The molecule has 38 heavy (non-hydrogen) atoms. The van der Waals surface area contributed by atoms with Crippen molar-refractivity contribution in [1.29, 1.82) is 0 Å². The molecule has 2 amide bonds. The molecule has 4 rings (SSSR count). The highest BCUT2D eigenvalue weighted by Gasteiger charge is 2.32. The third kappa shape index (κ3) is 6.03. The maximum absolute atomic E-state index is 13.3. The van der Waals surface area contributed by atoms with Crippen molar-refractivity contribution in [2.24, 2.45) is 0 Å². The van der Waals surface area contributed by atoms with Crippen LogP contribution in [0, 0.1) is 0 Å². The zero-order chi connectivity index (χ0) is 27.2. The van der Waals surface area contributed by atoms with Crippen molar-refractivity contribution in [3.8, 4) is 11.1 Å². The van der Waals surface area contributed by atoms with Crippen molar-refractivity contribution < 1.29 is 24.2 Å². The number of fused-ring (bicyclic) bond motifs is 3. The number of amides is 2. The molecule has 0 saturated carbocycles. The zero-order valence-corrected chi connectivity index (χ0v) is 21.8. The molecule has 0 bridgehead atoms. The molecule has 0 heterocycles. The first kappa shape index (κ1) is 26.9. The van der Waals surface area contributed by atoms with E-state index in [2.05, 4.69) is 17.4 Å². The van der Waals surface area contributed by atoms with Crippen LogP contribution in [-0.4, -0.2) is 72.2 Å². The summed E-state index contributed by atoms with van der Waals surface area (Å²) in [6.07, 6.45) is -0.727. The van der Waals surface area contributed by atoms with Gasteiger partial charge in [-0.3, -0.25) is 9.69 Å². The van der Waals surface area contributed by atoms with Gasteiger partial charge in [0, 0.05) is 26.1 Å². The van der Waals surface area contributed by atoms with Crippen LogP contribution < -0.4 is 5.32 Å². The summed E-state index contributed by atoms with van der Waals surface area (Å²) < 4.78 is 5.65. The van der Waals surface area contributed by atoms with Crippen LogP contribution in [0.2, 0.25) is 0 Å². The fraction of sp³-hybridized carbons (Fsp3) is 0.300. The number of benzene rings is 3. The van der Waals surface area contributed by atoms with E-state index in [9.17, 15) is 19.5 Å². The largest absolute Gasteiger partial charge is 0.480 e. The summed E-state index contributed by atoms with van der Waals surface area (Å²) in [6, 6.07) is 23.8. The summed E-state index contributed by atoms with van der Waals surface area (Å²) in [7, 11) is 3.26. The minimum Gasteiger partial charge on any atom is -0.480 e. The van der Waals surface area contributed by atoms with Gasteiger partial charge in [0.25, 0.3) is 0 Å². The molecular formula is C30H33N3O5. The molecule has 0 saturated heterocycles. The van der Waals surface area contributed by atoms with E-state index in [0.29, 0.717) is 6.54 Å². The Morgan fingerprint density at radius 2 is 1.45 bits per heavy atom. The second kappa shape index (κ2) is 11.9. The predicted molar refractivity (Wildman–Crippen MR) is 145 cm³/mol. The molecule has 8 nitrogen and oxygen atoms in total. The Hall–Kier alpha value is -4.17. The number of rotatable bonds is 10. The van der Waals surface area contributed by atoms with Crippen LogP contribution in [0.15, 0.2) is 78.9 Å². The molecule has 0 radical (unpaired) electrons. The van der Waals surface area contributed by atoms with E-state index in [-0.39, 0.29) is 19.1 Å². The van der Waals surface area contributed by atoms with E-state index in [0.717, 1.165) is 32.7 Å². The number of nitrogens with one attached hydrogen (secondary N) is 1. The van der Waals surface area contributed by atoms with Gasteiger partial charge in [0.2, 0.25) is 5.91 Å². The molecule has 3 aromatic carbocycles. The monoisotopic (exact) mass is 515 g/mol. The topological polar surface area (TPSA) is 99.2 Å². The maximum Gasteiger partial charge on any atom is 0.407 e. The first-order valence-corrected chi connectivity index (χ1v) is 12.6. The number of carboxylic acid groups (broad SMARTS) is 1. The summed E-state index contributed by atoms with van der Waals surface area (Å²) >= 11 is 0. The normalized spacial score (nSPS) is 13.8. The average Bonchev–Trinajstić information content (AvgIpc) is 3.24. The first-order chi connectivity index (χ1) is 18.3. The van der Waals surface area contributed by atoms with E-state index in [1.807, 2.05) is 78.7 Å². The van der Waals surface area contributed by atoms with Gasteiger partial charge in [0.15, 0.2) is 0 Å². The molecule has 2 atom stereocenters. The van der Waals surface area contributed by atoms with Crippen molar-refractivity contribution in [2.45, 2.75) is 31.5 Å². The standard InChI is InChI=1S/C30H33N3O5/c1-20(29(35)36)33(3)28(34)27(18-32(2)17-21-11-5-4-6-12-21)31-30(37)38-19-26-24-15-9-7-13-22(24)23-14-8-10-16-25(23)26/h4-16,20,26-27H,17-19H2,1-3H3,(H,31,37)(H,35,36). The third-order valence-corrected chi connectivity index (χ3v) is 7.01. The van der Waals surface area contributed by atoms with Gasteiger partial charge in [-0.1, -0.05) is 78.9 Å². The average molecular weight is 516 g/mol. The summed E-state index contributed by atoms with van der Waals surface area (Å²) in [5.74, 6) is -1.75. The number of ether oxygens (including phenoxy) is 1. The molecule has 3 aromatic rings. The molecule has 1 aliphatic rings. The number of nitrogens with zero attached hydrogens (tertiary/aromatic N) is 2. The van der Waals surface area contributed by atoms with Crippen molar-refractivity contribution in [3.63, 3.8) is 0 Å². The molecule has 8 heteroatoms. The Kier molecular flexibility index (Phi) is 8.43. The third-order valence-electron chi connectivity index (χ3n) is 7.01. The number of hydrogen-bond acceptors (Lipinski definition) is 5. The molecule has 0 fully saturated rings. The van der Waals surface area contributed by atoms with E-state index >= 15 is 0 Å². The van der Waals surface area contributed by atoms with Crippen LogP contribution >= 0.6 is 0 Å². The smallest absolute Gasteiger partial charge is 0.407 e. The van der Waals surface area contributed by atoms with Crippen molar-refractivity contribution in [2.75, 3.05) is 27.2 Å². The number of carbonyl (C=O) groups is 3. The number of aliphatic carboxylic acids is 1. The lowest BCUT2D eigenvalue weighted by atomic mass is 9.98. The number of carbonyl (C=O) groups excluding carboxylic acids is 2. The van der Waals surface area contributed by atoms with Crippen LogP contribution in [0.1, 0.15) is 29.5 Å². The lowest BCUT2D eigenvalue weighted by Gasteiger charge is -2.29. The lowest BCUT2D eigenvalue weighted by Crippen LogP contribution is -2.55. The van der Waals surface area contributed by atoms with E-state index < -0.39 is 30.1 Å². The summed E-state index contributed by atoms with van der Waals surface area (Å²) in [5.41, 5.74) is 5.47. The summed E-state index contributed by atoms with van der Waals surface area (Å²) in [4.78, 5) is 40.8. The second-order valence-electron chi connectivity index (χ2n) is 9.67.